The summed E-state index contributed by atoms with van der Waals surface area (Å²) in [5.41, 5.74) is 10.9. The van der Waals surface area contributed by atoms with Crippen molar-refractivity contribution in [2.75, 3.05) is 6.54 Å². The summed E-state index contributed by atoms with van der Waals surface area (Å²) >= 11 is 0. The monoisotopic (exact) mass is 279 g/mol. The average molecular weight is 279 g/mol. The summed E-state index contributed by atoms with van der Waals surface area (Å²) in [5.74, 6) is 1.31. The molecule has 3 rings (SSSR count). The third kappa shape index (κ3) is 2.57. The number of aromatic nitrogens is 2. The largest absolute Gasteiger partial charge is 0.331 e. The first kappa shape index (κ1) is 13.8. The van der Waals surface area contributed by atoms with Crippen LogP contribution in [0.1, 0.15) is 22.9 Å². The number of benzene rings is 2. The van der Waals surface area contributed by atoms with Crippen molar-refractivity contribution in [2.45, 2.75) is 19.3 Å². The number of hydrogen-bond donors (Lipinski definition) is 1. The highest BCUT2D eigenvalue weighted by Gasteiger charge is 2.18. The van der Waals surface area contributed by atoms with Crippen LogP contribution in [-0.2, 0) is 13.5 Å². The van der Waals surface area contributed by atoms with Gasteiger partial charge in [-0.3, -0.25) is 0 Å². The third-order valence-electron chi connectivity index (χ3n) is 4.20. The van der Waals surface area contributed by atoms with E-state index in [1.807, 2.05) is 12.1 Å². The molecule has 108 valence electrons. The molecule has 2 aromatic carbocycles. The maximum atomic E-state index is 6.04. The first-order chi connectivity index (χ1) is 10.2. The van der Waals surface area contributed by atoms with Gasteiger partial charge in [0.2, 0.25) is 0 Å². The van der Waals surface area contributed by atoms with Crippen molar-refractivity contribution in [1.29, 1.82) is 0 Å². The minimum Gasteiger partial charge on any atom is -0.331 e. The number of para-hydroxylation sites is 2. The van der Waals surface area contributed by atoms with Crippen LogP contribution in [0.4, 0.5) is 0 Å². The lowest BCUT2D eigenvalue weighted by atomic mass is 9.95. The molecule has 1 heterocycles. The Hall–Kier alpha value is -2.13. The lowest BCUT2D eigenvalue weighted by Gasteiger charge is -2.16. The number of imidazole rings is 1. The van der Waals surface area contributed by atoms with Gasteiger partial charge >= 0.3 is 0 Å². The number of fused-ring (bicyclic) bond motifs is 1. The van der Waals surface area contributed by atoms with E-state index in [4.69, 9.17) is 10.7 Å². The average Bonchev–Trinajstić information content (AvgIpc) is 2.84. The number of aryl methyl sites for hydroxylation is 2. The van der Waals surface area contributed by atoms with Gasteiger partial charge in [0.1, 0.15) is 5.82 Å². The maximum Gasteiger partial charge on any atom is 0.114 e. The van der Waals surface area contributed by atoms with Gasteiger partial charge in [-0.05, 0) is 36.6 Å². The quantitative estimate of drug-likeness (QED) is 0.797. The highest BCUT2D eigenvalue weighted by molar-refractivity contribution is 5.75. The van der Waals surface area contributed by atoms with Gasteiger partial charge in [-0.25, -0.2) is 4.98 Å². The van der Waals surface area contributed by atoms with E-state index in [2.05, 4.69) is 54.9 Å². The van der Waals surface area contributed by atoms with Crippen LogP contribution in [0.2, 0.25) is 0 Å². The molecule has 0 aliphatic carbocycles. The van der Waals surface area contributed by atoms with E-state index in [0.29, 0.717) is 6.54 Å². The van der Waals surface area contributed by atoms with Crippen LogP contribution in [0.15, 0.2) is 48.5 Å². The standard InChI is InChI=1S/C18H21N3/c1-13-7-3-4-8-14(13)11-15(12-19)18-20-16-9-5-6-10-17(16)21(18)2/h3-10,15H,11-12,19H2,1-2H3. The van der Waals surface area contributed by atoms with Gasteiger partial charge < -0.3 is 10.3 Å². The van der Waals surface area contributed by atoms with Crippen molar-refractivity contribution in [2.24, 2.45) is 12.8 Å². The molecule has 0 saturated heterocycles. The molecule has 3 heteroatoms. The van der Waals surface area contributed by atoms with Crippen molar-refractivity contribution in [3.8, 4) is 0 Å². The zero-order valence-electron chi connectivity index (χ0n) is 12.6. The first-order valence-electron chi connectivity index (χ1n) is 7.36. The van der Waals surface area contributed by atoms with E-state index in [9.17, 15) is 0 Å². The highest BCUT2D eigenvalue weighted by atomic mass is 15.1. The second-order valence-electron chi connectivity index (χ2n) is 5.58. The fourth-order valence-corrected chi connectivity index (χ4v) is 2.91. The molecule has 0 radical (unpaired) electrons. The van der Waals surface area contributed by atoms with Gasteiger partial charge in [-0.15, -0.1) is 0 Å². The molecule has 0 aliphatic rings. The lowest BCUT2D eigenvalue weighted by molar-refractivity contribution is 0.621. The zero-order valence-corrected chi connectivity index (χ0v) is 12.6. The molecule has 1 atom stereocenters. The Bertz CT molecular complexity index is 758. The summed E-state index contributed by atoms with van der Waals surface area (Å²) in [6, 6.07) is 16.7. The Labute approximate surface area is 125 Å². The van der Waals surface area contributed by atoms with E-state index in [1.54, 1.807) is 0 Å². The Balaban J connectivity index is 1.99. The fourth-order valence-electron chi connectivity index (χ4n) is 2.91. The smallest absolute Gasteiger partial charge is 0.114 e. The molecule has 0 fully saturated rings. The van der Waals surface area contributed by atoms with Crippen molar-refractivity contribution in [3.05, 3.63) is 65.5 Å². The summed E-state index contributed by atoms with van der Waals surface area (Å²) in [4.78, 5) is 4.79. The number of nitrogens with zero attached hydrogens (tertiary/aromatic N) is 2. The van der Waals surface area contributed by atoms with Gasteiger partial charge in [-0.2, -0.15) is 0 Å². The predicted octanol–water partition coefficient (Wildman–Crippen LogP) is 3.17. The molecule has 3 nitrogen and oxygen atoms in total. The minimum atomic E-state index is 0.239. The van der Waals surface area contributed by atoms with Crippen molar-refractivity contribution >= 4 is 11.0 Å². The summed E-state index contributed by atoms with van der Waals surface area (Å²) < 4.78 is 2.17. The van der Waals surface area contributed by atoms with Crippen LogP contribution in [-0.4, -0.2) is 16.1 Å². The van der Waals surface area contributed by atoms with Crippen LogP contribution in [0, 0.1) is 6.92 Å². The summed E-state index contributed by atoms with van der Waals surface area (Å²) in [5, 5.41) is 0. The van der Waals surface area contributed by atoms with E-state index >= 15 is 0 Å². The molecule has 1 aromatic heterocycles. The Morgan fingerprint density at radius 2 is 1.81 bits per heavy atom. The molecule has 0 aliphatic heterocycles. The second-order valence-corrected chi connectivity index (χ2v) is 5.58. The zero-order chi connectivity index (χ0) is 14.8. The van der Waals surface area contributed by atoms with Gasteiger partial charge in [-0.1, -0.05) is 36.4 Å². The SMILES string of the molecule is Cc1ccccc1CC(CN)c1nc2ccccc2n1C. The minimum absolute atomic E-state index is 0.239. The van der Waals surface area contributed by atoms with Crippen molar-refractivity contribution in [1.82, 2.24) is 9.55 Å². The first-order valence-corrected chi connectivity index (χ1v) is 7.36. The van der Waals surface area contributed by atoms with E-state index in [-0.39, 0.29) is 5.92 Å². The van der Waals surface area contributed by atoms with Crippen molar-refractivity contribution < 1.29 is 0 Å². The highest BCUT2D eigenvalue weighted by Crippen LogP contribution is 2.24. The van der Waals surface area contributed by atoms with E-state index in [1.165, 1.54) is 11.1 Å². The second kappa shape index (κ2) is 5.70. The van der Waals surface area contributed by atoms with E-state index in [0.717, 1.165) is 23.3 Å². The molecule has 0 amide bonds. The molecule has 0 bridgehead atoms. The Morgan fingerprint density at radius 1 is 1.10 bits per heavy atom. The summed E-state index contributed by atoms with van der Waals surface area (Å²) in [6.07, 6.45) is 0.931. The van der Waals surface area contributed by atoms with Crippen LogP contribution in [0.25, 0.3) is 11.0 Å². The van der Waals surface area contributed by atoms with Crippen molar-refractivity contribution in [3.63, 3.8) is 0 Å². The van der Waals surface area contributed by atoms with Gasteiger partial charge in [0.25, 0.3) is 0 Å². The van der Waals surface area contributed by atoms with Gasteiger partial charge in [0.15, 0.2) is 0 Å². The molecule has 3 aromatic rings. The Kier molecular flexibility index (Phi) is 3.76. The normalized spacial score (nSPS) is 12.7. The van der Waals surface area contributed by atoms with Crippen LogP contribution in [0.5, 0.6) is 0 Å². The molecule has 2 N–H and O–H groups in total. The molecular formula is C18H21N3. The molecule has 1 unspecified atom stereocenters. The Morgan fingerprint density at radius 3 is 2.52 bits per heavy atom. The summed E-state index contributed by atoms with van der Waals surface area (Å²) in [7, 11) is 2.07. The molecule has 0 saturated carbocycles. The molecule has 0 spiro atoms. The number of hydrogen-bond acceptors (Lipinski definition) is 2. The lowest BCUT2D eigenvalue weighted by Crippen LogP contribution is -2.19. The molecule has 21 heavy (non-hydrogen) atoms. The van der Waals surface area contributed by atoms with E-state index < -0.39 is 0 Å². The van der Waals surface area contributed by atoms with Crippen LogP contribution >= 0.6 is 0 Å². The number of nitrogens with two attached hydrogens (primary N) is 1. The predicted molar refractivity (Wildman–Crippen MR) is 87.4 cm³/mol. The van der Waals surface area contributed by atoms with Crippen LogP contribution < -0.4 is 5.73 Å². The summed E-state index contributed by atoms with van der Waals surface area (Å²) in [6.45, 7) is 2.75. The van der Waals surface area contributed by atoms with Crippen LogP contribution in [0.3, 0.4) is 0 Å². The maximum absolute atomic E-state index is 6.04. The molecular weight excluding hydrogens is 258 g/mol. The topological polar surface area (TPSA) is 43.8 Å². The fraction of sp³-hybridized carbons (Fsp3) is 0.278. The third-order valence-corrected chi connectivity index (χ3v) is 4.20. The van der Waals surface area contributed by atoms with Gasteiger partial charge in [0, 0.05) is 19.5 Å². The number of rotatable bonds is 4. The van der Waals surface area contributed by atoms with Gasteiger partial charge in [0.05, 0.1) is 11.0 Å².